The smallest absolute Gasteiger partial charge is 0.340 e. The highest BCUT2D eigenvalue weighted by molar-refractivity contribution is 6.00. The number of benzene rings is 1. The molecule has 11 heteroatoms. The predicted octanol–water partition coefficient (Wildman–Crippen LogP) is 1.36. The molecule has 1 unspecified atom stereocenters. The molecule has 3 aromatic rings. The Balaban J connectivity index is 1.20. The average Bonchev–Trinajstić information content (AvgIpc) is 3.51. The minimum absolute atomic E-state index is 0.0344. The molecular weight excluding hydrogens is 392 g/mol. The second-order valence-electron chi connectivity index (χ2n) is 6.72. The molecule has 1 aromatic carbocycles. The largest absolute Gasteiger partial charge is 0.454 e. The number of carbonyl (C=O) groups excluding carboxylic acids is 2. The van der Waals surface area contributed by atoms with E-state index in [1.165, 1.54) is 0 Å². The van der Waals surface area contributed by atoms with Crippen molar-refractivity contribution < 1.29 is 23.6 Å². The van der Waals surface area contributed by atoms with Crippen LogP contribution in [0.2, 0.25) is 0 Å². The number of aromatic nitrogens is 3. The monoisotopic (exact) mass is 408 g/mol. The van der Waals surface area contributed by atoms with Gasteiger partial charge in [-0.2, -0.15) is 4.98 Å². The predicted molar refractivity (Wildman–Crippen MR) is 102 cm³/mol. The summed E-state index contributed by atoms with van der Waals surface area (Å²) in [4.78, 5) is 34.6. The van der Waals surface area contributed by atoms with Crippen LogP contribution in [0.5, 0.6) is 11.5 Å². The number of carbonyl (C=O) groups is 2. The molecule has 4 heterocycles. The molecule has 0 bridgehead atoms. The van der Waals surface area contributed by atoms with Gasteiger partial charge in [-0.1, -0.05) is 5.16 Å². The molecule has 1 saturated heterocycles. The molecule has 2 aliphatic rings. The number of hydrogen-bond donors (Lipinski definition) is 2. The van der Waals surface area contributed by atoms with Crippen molar-refractivity contribution in [2.24, 2.45) is 5.92 Å². The summed E-state index contributed by atoms with van der Waals surface area (Å²) in [5, 5.41) is 3.84. The molecule has 0 spiro atoms. The van der Waals surface area contributed by atoms with E-state index < -0.39 is 5.92 Å². The Morgan fingerprint density at radius 1 is 1.13 bits per heavy atom. The van der Waals surface area contributed by atoms with Crippen LogP contribution in [0.25, 0.3) is 11.4 Å². The fourth-order valence-corrected chi connectivity index (χ4v) is 3.30. The number of nitrogens with zero attached hydrogens (tertiary/aromatic N) is 4. The zero-order valence-corrected chi connectivity index (χ0v) is 15.6. The number of hydrogen-bond acceptors (Lipinski definition) is 9. The van der Waals surface area contributed by atoms with Crippen LogP contribution in [0.1, 0.15) is 6.42 Å². The van der Waals surface area contributed by atoms with Gasteiger partial charge in [0.1, 0.15) is 0 Å². The van der Waals surface area contributed by atoms with E-state index in [4.69, 9.17) is 14.0 Å². The quantitative estimate of drug-likeness (QED) is 0.601. The maximum absolute atomic E-state index is 12.5. The third-order valence-corrected chi connectivity index (χ3v) is 4.82. The van der Waals surface area contributed by atoms with Gasteiger partial charge in [-0.15, -0.1) is 0 Å². The lowest BCUT2D eigenvalue weighted by Gasteiger charge is -2.17. The lowest BCUT2D eigenvalue weighted by molar-refractivity contribution is -0.125. The van der Waals surface area contributed by atoms with Crippen molar-refractivity contribution in [3.8, 4) is 22.9 Å². The average molecular weight is 408 g/mol. The fraction of sp³-hybridized carbons (Fsp3) is 0.211. The topological polar surface area (TPSA) is 132 Å². The summed E-state index contributed by atoms with van der Waals surface area (Å²) in [5.41, 5.74) is 6.50. The van der Waals surface area contributed by atoms with Gasteiger partial charge in [0.15, 0.2) is 11.5 Å². The van der Waals surface area contributed by atoms with Gasteiger partial charge in [-0.3, -0.25) is 20.0 Å². The highest BCUT2D eigenvalue weighted by Crippen LogP contribution is 2.37. The highest BCUT2D eigenvalue weighted by atomic mass is 16.7. The summed E-state index contributed by atoms with van der Waals surface area (Å²) >= 11 is 0. The number of ether oxygens (including phenoxy) is 2. The first-order valence-corrected chi connectivity index (χ1v) is 9.17. The molecule has 2 aromatic heterocycles. The molecule has 30 heavy (non-hydrogen) atoms. The highest BCUT2D eigenvalue weighted by Gasteiger charge is 2.36. The molecule has 5 rings (SSSR count). The van der Waals surface area contributed by atoms with E-state index in [1.807, 2.05) is 0 Å². The van der Waals surface area contributed by atoms with Crippen molar-refractivity contribution in [3.05, 3.63) is 42.7 Å². The molecule has 2 amide bonds. The minimum Gasteiger partial charge on any atom is -0.454 e. The SMILES string of the molecule is O=C(NNc1nc(-c2ccncc2)no1)C1CC(=O)N(c2ccc3c(c2)OCO3)C1. The van der Waals surface area contributed by atoms with Crippen molar-refractivity contribution in [2.45, 2.75) is 6.42 Å². The lowest BCUT2D eigenvalue weighted by Crippen LogP contribution is -2.36. The molecule has 1 fully saturated rings. The van der Waals surface area contributed by atoms with Crippen LogP contribution in [-0.2, 0) is 9.59 Å². The normalized spacial score (nSPS) is 17.3. The van der Waals surface area contributed by atoms with Gasteiger partial charge in [0.2, 0.25) is 24.4 Å². The summed E-state index contributed by atoms with van der Waals surface area (Å²) in [6.45, 7) is 0.403. The summed E-state index contributed by atoms with van der Waals surface area (Å²) in [6.07, 6.45) is 3.32. The van der Waals surface area contributed by atoms with E-state index in [-0.39, 0.29) is 37.6 Å². The summed E-state index contributed by atoms with van der Waals surface area (Å²) in [5.74, 6) is 0.546. The first-order chi connectivity index (χ1) is 14.7. The van der Waals surface area contributed by atoms with Crippen LogP contribution in [-0.4, -0.2) is 40.3 Å². The first-order valence-electron chi connectivity index (χ1n) is 9.17. The van der Waals surface area contributed by atoms with Gasteiger partial charge in [-0.25, -0.2) is 5.43 Å². The number of rotatable bonds is 5. The lowest BCUT2D eigenvalue weighted by atomic mass is 10.1. The number of amides is 2. The molecule has 0 radical (unpaired) electrons. The molecule has 0 saturated carbocycles. The van der Waals surface area contributed by atoms with E-state index in [1.54, 1.807) is 47.6 Å². The summed E-state index contributed by atoms with van der Waals surface area (Å²) in [7, 11) is 0. The third kappa shape index (κ3) is 3.36. The van der Waals surface area contributed by atoms with E-state index in [9.17, 15) is 9.59 Å². The number of pyridine rings is 1. The van der Waals surface area contributed by atoms with Gasteiger partial charge >= 0.3 is 6.01 Å². The van der Waals surface area contributed by atoms with Crippen LogP contribution in [0.3, 0.4) is 0 Å². The number of fused-ring (bicyclic) bond motifs is 1. The number of hydrazine groups is 1. The van der Waals surface area contributed by atoms with Gasteiger partial charge in [0.05, 0.1) is 5.92 Å². The number of nitrogens with one attached hydrogen (secondary N) is 2. The van der Waals surface area contributed by atoms with Gasteiger partial charge in [-0.05, 0) is 24.3 Å². The molecule has 1 atom stereocenters. The minimum atomic E-state index is -0.530. The van der Waals surface area contributed by atoms with Crippen molar-refractivity contribution in [3.63, 3.8) is 0 Å². The molecule has 2 aliphatic heterocycles. The zero-order valence-electron chi connectivity index (χ0n) is 15.6. The Morgan fingerprint density at radius 2 is 1.97 bits per heavy atom. The van der Waals surface area contributed by atoms with E-state index in [0.29, 0.717) is 23.0 Å². The second kappa shape index (κ2) is 7.35. The van der Waals surface area contributed by atoms with Crippen LogP contribution in [0.15, 0.2) is 47.2 Å². The number of anilines is 2. The van der Waals surface area contributed by atoms with Crippen LogP contribution in [0.4, 0.5) is 11.7 Å². The maximum Gasteiger partial charge on any atom is 0.340 e. The van der Waals surface area contributed by atoms with Crippen LogP contribution >= 0.6 is 0 Å². The zero-order chi connectivity index (χ0) is 20.5. The van der Waals surface area contributed by atoms with Crippen molar-refractivity contribution in [1.82, 2.24) is 20.6 Å². The van der Waals surface area contributed by atoms with E-state index in [2.05, 4.69) is 26.0 Å². The Hall–Kier alpha value is -4.15. The van der Waals surface area contributed by atoms with Gasteiger partial charge < -0.3 is 18.9 Å². The van der Waals surface area contributed by atoms with E-state index in [0.717, 1.165) is 5.56 Å². The Labute approximate surface area is 170 Å². The van der Waals surface area contributed by atoms with Gasteiger partial charge in [0, 0.05) is 42.7 Å². The fourth-order valence-electron chi connectivity index (χ4n) is 3.30. The first kappa shape index (κ1) is 17.9. The molecule has 2 N–H and O–H groups in total. The standard InChI is InChI=1S/C19H16N6O5/c26-16-7-12(9-25(16)13-1-2-14-15(8-13)29-10-28-14)18(27)22-23-19-21-17(24-30-19)11-3-5-20-6-4-11/h1-6,8,12H,7,9-10H2,(H,22,27)(H,21,23,24). The third-order valence-electron chi connectivity index (χ3n) is 4.82. The Bertz CT molecular complexity index is 1100. The molecule has 152 valence electrons. The summed E-state index contributed by atoms with van der Waals surface area (Å²) in [6, 6.07) is 8.76. The maximum atomic E-state index is 12.5. The molecule has 0 aliphatic carbocycles. The van der Waals surface area contributed by atoms with Crippen molar-refractivity contribution >= 4 is 23.5 Å². The summed E-state index contributed by atoms with van der Waals surface area (Å²) < 4.78 is 15.7. The van der Waals surface area contributed by atoms with Crippen molar-refractivity contribution in [1.29, 1.82) is 0 Å². The second-order valence-corrected chi connectivity index (χ2v) is 6.72. The Morgan fingerprint density at radius 3 is 2.83 bits per heavy atom. The molecule has 11 nitrogen and oxygen atoms in total. The Kier molecular flexibility index (Phi) is 4.39. The van der Waals surface area contributed by atoms with Crippen LogP contribution in [0, 0.1) is 5.92 Å². The van der Waals surface area contributed by atoms with Gasteiger partial charge in [0.25, 0.3) is 0 Å². The van der Waals surface area contributed by atoms with Crippen LogP contribution < -0.4 is 25.2 Å². The molecular formula is C19H16N6O5. The van der Waals surface area contributed by atoms with Crippen molar-refractivity contribution in [2.75, 3.05) is 23.7 Å². The van der Waals surface area contributed by atoms with E-state index >= 15 is 0 Å².